The standard InChI is InChI=1S/C14H18FNOS/c15-11-1-2-14-10(7-11)8-13(17-14)9-16-12-3-5-18-6-4-12/h1-2,7,12-13,16H,3-6,8-9H2. The summed E-state index contributed by atoms with van der Waals surface area (Å²) < 4.78 is 18.9. The molecule has 1 unspecified atom stereocenters. The van der Waals surface area contributed by atoms with Crippen LogP contribution in [-0.2, 0) is 6.42 Å². The highest BCUT2D eigenvalue weighted by Crippen LogP contribution is 2.29. The highest BCUT2D eigenvalue weighted by atomic mass is 32.2. The molecule has 1 atom stereocenters. The van der Waals surface area contributed by atoms with Crippen molar-refractivity contribution in [1.82, 2.24) is 5.32 Å². The van der Waals surface area contributed by atoms with Crippen LogP contribution < -0.4 is 10.1 Å². The van der Waals surface area contributed by atoms with Gasteiger partial charge in [-0.3, -0.25) is 0 Å². The maximum Gasteiger partial charge on any atom is 0.123 e. The maximum absolute atomic E-state index is 13.1. The van der Waals surface area contributed by atoms with Gasteiger partial charge < -0.3 is 10.1 Å². The summed E-state index contributed by atoms with van der Waals surface area (Å²) in [7, 11) is 0. The monoisotopic (exact) mass is 267 g/mol. The highest BCUT2D eigenvalue weighted by molar-refractivity contribution is 7.99. The molecule has 2 aliphatic rings. The molecule has 4 heteroatoms. The molecule has 0 aliphatic carbocycles. The predicted octanol–water partition coefficient (Wildman–Crippen LogP) is 2.61. The summed E-state index contributed by atoms with van der Waals surface area (Å²) in [5, 5.41) is 3.58. The highest BCUT2D eigenvalue weighted by Gasteiger charge is 2.24. The van der Waals surface area contributed by atoms with Crippen molar-refractivity contribution in [2.45, 2.75) is 31.4 Å². The summed E-state index contributed by atoms with van der Waals surface area (Å²) in [4.78, 5) is 0. The van der Waals surface area contributed by atoms with Crippen molar-refractivity contribution in [1.29, 1.82) is 0 Å². The second kappa shape index (κ2) is 5.49. The Morgan fingerprint density at radius 2 is 2.17 bits per heavy atom. The second-order valence-corrected chi connectivity index (χ2v) is 6.22. The number of hydrogen-bond donors (Lipinski definition) is 1. The molecule has 1 N–H and O–H groups in total. The Morgan fingerprint density at radius 3 is 3.00 bits per heavy atom. The van der Waals surface area contributed by atoms with Crippen LogP contribution in [0.4, 0.5) is 4.39 Å². The van der Waals surface area contributed by atoms with E-state index in [1.54, 1.807) is 12.1 Å². The fraction of sp³-hybridized carbons (Fsp3) is 0.571. The molecule has 2 nitrogen and oxygen atoms in total. The minimum absolute atomic E-state index is 0.163. The largest absolute Gasteiger partial charge is 0.488 e. The number of hydrogen-bond acceptors (Lipinski definition) is 3. The zero-order chi connectivity index (χ0) is 12.4. The number of ether oxygens (including phenoxy) is 1. The normalized spacial score (nSPS) is 23.7. The fourth-order valence-corrected chi connectivity index (χ4v) is 3.71. The summed E-state index contributed by atoms with van der Waals surface area (Å²) >= 11 is 2.04. The Hall–Kier alpha value is -0.740. The van der Waals surface area contributed by atoms with Crippen LogP contribution in [0, 0.1) is 5.82 Å². The first-order valence-electron chi connectivity index (χ1n) is 6.57. The summed E-state index contributed by atoms with van der Waals surface area (Å²) in [6.45, 7) is 0.867. The van der Waals surface area contributed by atoms with E-state index in [-0.39, 0.29) is 11.9 Å². The van der Waals surface area contributed by atoms with E-state index < -0.39 is 0 Å². The number of halogens is 1. The van der Waals surface area contributed by atoms with Gasteiger partial charge in [-0.2, -0.15) is 11.8 Å². The molecule has 0 radical (unpaired) electrons. The third-order valence-corrected chi connectivity index (χ3v) is 4.67. The molecule has 2 heterocycles. The zero-order valence-corrected chi connectivity index (χ0v) is 11.1. The molecule has 0 saturated carbocycles. The third kappa shape index (κ3) is 2.81. The quantitative estimate of drug-likeness (QED) is 0.909. The van der Waals surface area contributed by atoms with E-state index in [0.717, 1.165) is 24.3 Å². The van der Waals surface area contributed by atoms with Gasteiger partial charge in [-0.15, -0.1) is 0 Å². The smallest absolute Gasteiger partial charge is 0.123 e. The lowest BCUT2D eigenvalue weighted by Crippen LogP contribution is -2.39. The van der Waals surface area contributed by atoms with Crippen molar-refractivity contribution in [3.05, 3.63) is 29.6 Å². The van der Waals surface area contributed by atoms with Crippen LogP contribution in [0.5, 0.6) is 5.75 Å². The Morgan fingerprint density at radius 1 is 1.33 bits per heavy atom. The Balaban J connectivity index is 1.51. The Labute approximate surface area is 111 Å². The molecule has 2 aliphatic heterocycles. The van der Waals surface area contributed by atoms with Crippen LogP contribution in [0.25, 0.3) is 0 Å². The van der Waals surface area contributed by atoms with Crippen LogP contribution in [0.3, 0.4) is 0 Å². The third-order valence-electron chi connectivity index (χ3n) is 3.62. The van der Waals surface area contributed by atoms with Crippen molar-refractivity contribution >= 4 is 11.8 Å². The van der Waals surface area contributed by atoms with Gasteiger partial charge in [0.05, 0.1) is 0 Å². The van der Waals surface area contributed by atoms with Gasteiger partial charge in [0.15, 0.2) is 0 Å². The van der Waals surface area contributed by atoms with E-state index in [0.29, 0.717) is 6.04 Å². The Bertz CT molecular complexity index is 420. The maximum atomic E-state index is 13.1. The van der Waals surface area contributed by atoms with Crippen LogP contribution >= 0.6 is 11.8 Å². The van der Waals surface area contributed by atoms with Gasteiger partial charge in [0.25, 0.3) is 0 Å². The number of fused-ring (bicyclic) bond motifs is 1. The molecule has 1 fully saturated rings. The number of thioether (sulfide) groups is 1. The minimum atomic E-state index is -0.171. The lowest BCUT2D eigenvalue weighted by atomic mass is 10.1. The van der Waals surface area contributed by atoms with Gasteiger partial charge in [0.1, 0.15) is 17.7 Å². The first-order valence-corrected chi connectivity index (χ1v) is 7.73. The first-order chi connectivity index (χ1) is 8.81. The van der Waals surface area contributed by atoms with E-state index in [4.69, 9.17) is 4.74 Å². The van der Waals surface area contributed by atoms with E-state index in [9.17, 15) is 4.39 Å². The van der Waals surface area contributed by atoms with Gasteiger partial charge in [0, 0.05) is 24.6 Å². The molecule has 1 aromatic carbocycles. The Kier molecular flexibility index (Phi) is 3.75. The first kappa shape index (κ1) is 12.3. The molecule has 0 amide bonds. The van der Waals surface area contributed by atoms with Gasteiger partial charge in [0.2, 0.25) is 0 Å². The van der Waals surface area contributed by atoms with Gasteiger partial charge in [-0.05, 0) is 42.5 Å². The van der Waals surface area contributed by atoms with E-state index >= 15 is 0 Å². The lowest BCUT2D eigenvalue weighted by molar-refractivity contribution is 0.219. The van der Waals surface area contributed by atoms with Crippen molar-refractivity contribution in [3.63, 3.8) is 0 Å². The average Bonchev–Trinajstić information content (AvgIpc) is 2.79. The predicted molar refractivity (Wildman–Crippen MR) is 72.9 cm³/mol. The lowest BCUT2D eigenvalue weighted by Gasteiger charge is -2.24. The molecule has 98 valence electrons. The van der Waals surface area contributed by atoms with Crippen molar-refractivity contribution < 1.29 is 9.13 Å². The fourth-order valence-electron chi connectivity index (χ4n) is 2.60. The van der Waals surface area contributed by atoms with E-state index in [1.165, 1.54) is 30.4 Å². The molecule has 3 rings (SSSR count). The summed E-state index contributed by atoms with van der Waals surface area (Å²) in [5.41, 5.74) is 1.00. The van der Waals surface area contributed by atoms with Crippen molar-refractivity contribution in [3.8, 4) is 5.75 Å². The minimum Gasteiger partial charge on any atom is -0.488 e. The zero-order valence-electron chi connectivity index (χ0n) is 10.3. The van der Waals surface area contributed by atoms with E-state index in [2.05, 4.69) is 5.32 Å². The molecule has 18 heavy (non-hydrogen) atoms. The van der Waals surface area contributed by atoms with Crippen LogP contribution in [0.15, 0.2) is 18.2 Å². The molecule has 0 bridgehead atoms. The molecule has 0 aromatic heterocycles. The van der Waals surface area contributed by atoms with Gasteiger partial charge >= 0.3 is 0 Å². The van der Waals surface area contributed by atoms with Crippen LogP contribution in [0.1, 0.15) is 18.4 Å². The van der Waals surface area contributed by atoms with Crippen molar-refractivity contribution in [2.75, 3.05) is 18.1 Å². The molecule has 1 saturated heterocycles. The molecule has 0 spiro atoms. The summed E-state index contributed by atoms with van der Waals surface area (Å²) in [6.07, 6.45) is 3.48. The number of benzene rings is 1. The SMILES string of the molecule is Fc1ccc2c(c1)CC(CNC1CCSCC1)O2. The van der Waals surface area contributed by atoms with Crippen molar-refractivity contribution in [2.24, 2.45) is 0 Å². The summed E-state index contributed by atoms with van der Waals surface area (Å²) in [6, 6.07) is 5.43. The topological polar surface area (TPSA) is 21.3 Å². The summed E-state index contributed by atoms with van der Waals surface area (Å²) in [5.74, 6) is 3.20. The van der Waals surface area contributed by atoms with Crippen LogP contribution in [0.2, 0.25) is 0 Å². The van der Waals surface area contributed by atoms with E-state index in [1.807, 2.05) is 11.8 Å². The van der Waals surface area contributed by atoms with Gasteiger partial charge in [-0.25, -0.2) is 4.39 Å². The molecular formula is C14H18FNOS. The molecular weight excluding hydrogens is 249 g/mol. The average molecular weight is 267 g/mol. The van der Waals surface area contributed by atoms with Gasteiger partial charge in [-0.1, -0.05) is 0 Å². The number of nitrogens with one attached hydrogen (secondary N) is 1. The molecule has 1 aromatic rings. The second-order valence-electron chi connectivity index (χ2n) is 4.99. The number of rotatable bonds is 3. The van der Waals surface area contributed by atoms with Crippen LogP contribution in [-0.4, -0.2) is 30.2 Å².